The number of thiophene rings is 1. The fourth-order valence-electron chi connectivity index (χ4n) is 1.14. The van der Waals surface area contributed by atoms with Crippen molar-refractivity contribution in [3.63, 3.8) is 0 Å². The molecule has 90 valence electrons. The highest BCUT2D eigenvalue weighted by molar-refractivity contribution is 7.11. The number of hydrogen-bond acceptors (Lipinski definition) is 4. The molecule has 0 unspecified atom stereocenters. The second-order valence-electron chi connectivity index (χ2n) is 4.97. The van der Waals surface area contributed by atoms with Gasteiger partial charge in [0, 0.05) is 4.88 Å². The summed E-state index contributed by atoms with van der Waals surface area (Å²) in [5.74, 6) is 0. The van der Waals surface area contributed by atoms with Gasteiger partial charge in [-0.2, -0.15) is 0 Å². The lowest BCUT2D eigenvalue weighted by Crippen LogP contribution is -2.53. The lowest BCUT2D eigenvalue weighted by Gasteiger charge is -2.38. The molecule has 0 saturated carbocycles. The molecule has 0 amide bonds. The standard InChI is InChI=1S/C11H19BO3S/c1-8-9(6-7-16-8)12(14)15-11(4,5)10(2,3)13/h6-7,13-14H,1-5H3. The smallest absolute Gasteiger partial charge is 0.423 e. The molecule has 1 heterocycles. The zero-order valence-electron chi connectivity index (χ0n) is 10.4. The first-order chi connectivity index (χ1) is 7.15. The zero-order valence-corrected chi connectivity index (χ0v) is 11.3. The molecular formula is C11H19BO3S. The van der Waals surface area contributed by atoms with Crippen molar-refractivity contribution >= 4 is 23.9 Å². The molecule has 2 N–H and O–H groups in total. The van der Waals surface area contributed by atoms with Crippen LogP contribution in [0.4, 0.5) is 0 Å². The lowest BCUT2D eigenvalue weighted by molar-refractivity contribution is -0.0982. The minimum Gasteiger partial charge on any atom is -0.423 e. The molecule has 1 aromatic heterocycles. The van der Waals surface area contributed by atoms with E-state index in [1.165, 1.54) is 0 Å². The summed E-state index contributed by atoms with van der Waals surface area (Å²) in [6.45, 7) is 8.79. The molecule has 0 radical (unpaired) electrons. The molecule has 5 heteroatoms. The third-order valence-electron chi connectivity index (χ3n) is 3.04. The Morgan fingerprint density at radius 1 is 1.31 bits per heavy atom. The van der Waals surface area contributed by atoms with Crippen LogP contribution in [0.15, 0.2) is 11.4 Å². The molecule has 0 aliphatic rings. The van der Waals surface area contributed by atoms with E-state index >= 15 is 0 Å². The molecule has 0 saturated heterocycles. The quantitative estimate of drug-likeness (QED) is 0.782. The van der Waals surface area contributed by atoms with Crippen LogP contribution in [-0.2, 0) is 4.65 Å². The fourth-order valence-corrected chi connectivity index (χ4v) is 1.86. The van der Waals surface area contributed by atoms with Gasteiger partial charge in [-0.15, -0.1) is 11.3 Å². The van der Waals surface area contributed by atoms with Crippen molar-refractivity contribution in [2.24, 2.45) is 0 Å². The maximum absolute atomic E-state index is 9.96. The Bertz CT molecular complexity index is 354. The highest BCUT2D eigenvalue weighted by atomic mass is 32.1. The normalized spacial score (nSPS) is 12.9. The summed E-state index contributed by atoms with van der Waals surface area (Å²) < 4.78 is 5.54. The predicted molar refractivity (Wildman–Crippen MR) is 68.1 cm³/mol. The van der Waals surface area contributed by atoms with E-state index in [1.807, 2.05) is 18.4 Å². The molecule has 1 rings (SSSR count). The van der Waals surface area contributed by atoms with Crippen LogP contribution in [0.5, 0.6) is 0 Å². The van der Waals surface area contributed by atoms with Crippen molar-refractivity contribution in [1.29, 1.82) is 0 Å². The van der Waals surface area contributed by atoms with Crippen LogP contribution in [0.2, 0.25) is 0 Å². The minimum absolute atomic E-state index is 0.766. The molecule has 3 nitrogen and oxygen atoms in total. The summed E-state index contributed by atoms with van der Waals surface area (Å²) in [7, 11) is -0.993. The van der Waals surface area contributed by atoms with E-state index in [0.29, 0.717) is 0 Å². The third kappa shape index (κ3) is 2.85. The molecular weight excluding hydrogens is 223 g/mol. The van der Waals surface area contributed by atoms with Crippen LogP contribution in [-0.4, -0.2) is 28.5 Å². The zero-order chi connectivity index (χ0) is 12.6. The van der Waals surface area contributed by atoms with Gasteiger partial charge in [-0.25, -0.2) is 0 Å². The van der Waals surface area contributed by atoms with Crippen LogP contribution in [0.3, 0.4) is 0 Å². The van der Waals surface area contributed by atoms with E-state index in [1.54, 1.807) is 39.0 Å². The van der Waals surface area contributed by atoms with Gasteiger partial charge in [0.15, 0.2) is 0 Å². The topological polar surface area (TPSA) is 49.7 Å². The lowest BCUT2D eigenvalue weighted by atomic mass is 9.77. The van der Waals surface area contributed by atoms with Crippen LogP contribution in [0, 0.1) is 6.92 Å². The molecule has 0 aliphatic heterocycles. The van der Waals surface area contributed by atoms with Gasteiger partial charge < -0.3 is 14.8 Å². The largest absolute Gasteiger partial charge is 0.492 e. The van der Waals surface area contributed by atoms with Gasteiger partial charge in [0.25, 0.3) is 0 Å². The first-order valence-corrected chi connectivity index (χ1v) is 6.15. The summed E-state index contributed by atoms with van der Waals surface area (Å²) in [6.07, 6.45) is 0. The van der Waals surface area contributed by atoms with Gasteiger partial charge in [-0.1, -0.05) is 6.07 Å². The molecule has 16 heavy (non-hydrogen) atoms. The number of rotatable bonds is 4. The second-order valence-corrected chi connectivity index (χ2v) is 6.09. The SMILES string of the molecule is Cc1sccc1B(O)OC(C)(C)C(C)(C)O. The first kappa shape index (κ1) is 13.7. The van der Waals surface area contributed by atoms with E-state index in [-0.39, 0.29) is 0 Å². The summed E-state index contributed by atoms with van der Waals surface area (Å²) in [4.78, 5) is 1.03. The van der Waals surface area contributed by atoms with Gasteiger partial charge in [0.05, 0.1) is 11.2 Å². The summed E-state index contributed by atoms with van der Waals surface area (Å²) >= 11 is 1.56. The van der Waals surface area contributed by atoms with E-state index in [0.717, 1.165) is 10.3 Å². The molecule has 0 atom stereocenters. The van der Waals surface area contributed by atoms with Crippen LogP contribution < -0.4 is 5.46 Å². The Kier molecular flexibility index (Phi) is 3.85. The Hall–Kier alpha value is -0.355. The molecule has 0 aliphatic carbocycles. The van der Waals surface area contributed by atoms with E-state index in [4.69, 9.17) is 4.65 Å². The van der Waals surface area contributed by atoms with E-state index in [9.17, 15) is 10.1 Å². The van der Waals surface area contributed by atoms with Crippen LogP contribution in [0.1, 0.15) is 32.6 Å². The Morgan fingerprint density at radius 2 is 1.88 bits per heavy atom. The van der Waals surface area contributed by atoms with Crippen molar-refractivity contribution in [2.75, 3.05) is 0 Å². The molecule has 0 fully saturated rings. The highest BCUT2D eigenvalue weighted by Crippen LogP contribution is 2.25. The maximum atomic E-state index is 9.96. The number of aliphatic hydroxyl groups is 1. The Balaban J connectivity index is 2.80. The summed E-state index contributed by atoms with van der Waals surface area (Å²) in [5.41, 5.74) is -1.07. The average Bonchev–Trinajstić information content (AvgIpc) is 2.48. The summed E-state index contributed by atoms with van der Waals surface area (Å²) in [6, 6.07) is 1.84. The number of hydrogen-bond donors (Lipinski definition) is 2. The van der Waals surface area contributed by atoms with Gasteiger partial charge >= 0.3 is 7.12 Å². The molecule has 1 aromatic rings. The highest BCUT2D eigenvalue weighted by Gasteiger charge is 2.39. The molecule has 0 bridgehead atoms. The summed E-state index contributed by atoms with van der Waals surface area (Å²) in [5, 5.41) is 21.8. The second kappa shape index (κ2) is 4.49. The number of aryl methyl sites for hydroxylation is 1. The Labute approximate surface area is 101 Å². The average molecular weight is 242 g/mol. The fraction of sp³-hybridized carbons (Fsp3) is 0.636. The minimum atomic E-state index is -1.02. The monoisotopic (exact) mass is 242 g/mol. The Morgan fingerprint density at radius 3 is 2.25 bits per heavy atom. The van der Waals surface area contributed by atoms with Crippen molar-refractivity contribution < 1.29 is 14.8 Å². The van der Waals surface area contributed by atoms with Crippen molar-refractivity contribution in [1.82, 2.24) is 0 Å². The molecule has 0 spiro atoms. The van der Waals surface area contributed by atoms with E-state index < -0.39 is 18.3 Å². The van der Waals surface area contributed by atoms with E-state index in [2.05, 4.69) is 0 Å². The van der Waals surface area contributed by atoms with Crippen molar-refractivity contribution in [3.8, 4) is 0 Å². The van der Waals surface area contributed by atoms with Gasteiger partial charge in [0.2, 0.25) is 0 Å². The van der Waals surface area contributed by atoms with Crippen LogP contribution in [0.25, 0.3) is 0 Å². The van der Waals surface area contributed by atoms with Crippen LogP contribution >= 0.6 is 11.3 Å². The van der Waals surface area contributed by atoms with Gasteiger partial charge in [-0.3, -0.25) is 0 Å². The van der Waals surface area contributed by atoms with Crippen molar-refractivity contribution in [3.05, 3.63) is 16.3 Å². The molecule has 0 aromatic carbocycles. The third-order valence-corrected chi connectivity index (χ3v) is 3.91. The maximum Gasteiger partial charge on any atom is 0.492 e. The first-order valence-electron chi connectivity index (χ1n) is 5.27. The predicted octanol–water partition coefficient (Wildman–Crippen LogP) is 1.31. The van der Waals surface area contributed by atoms with Gasteiger partial charge in [0.1, 0.15) is 0 Å². The van der Waals surface area contributed by atoms with Gasteiger partial charge in [-0.05, 0) is 45.5 Å². The van der Waals surface area contributed by atoms with Crippen molar-refractivity contribution in [2.45, 2.75) is 45.8 Å².